The fraction of sp³-hybridized carbons (Fsp3) is 0.800. The highest BCUT2D eigenvalue weighted by atomic mass is 32.2. The smallest absolute Gasteiger partial charge is 0.326 e. The maximum atomic E-state index is 12.1. The van der Waals surface area contributed by atoms with Crippen LogP contribution >= 0.6 is 0 Å². The van der Waals surface area contributed by atoms with Crippen LogP contribution in [0, 0.1) is 0 Å². The fourth-order valence-electron chi connectivity index (χ4n) is 1.78. The average molecular weight is 279 g/mol. The van der Waals surface area contributed by atoms with Crippen LogP contribution in [0.5, 0.6) is 0 Å². The van der Waals surface area contributed by atoms with Crippen molar-refractivity contribution >= 4 is 21.7 Å². The predicted molar refractivity (Wildman–Crippen MR) is 62.7 cm³/mol. The Morgan fingerprint density at radius 2 is 1.83 bits per heavy atom. The molecule has 8 heteroatoms. The van der Waals surface area contributed by atoms with Gasteiger partial charge in [-0.05, 0) is 13.8 Å². The van der Waals surface area contributed by atoms with Crippen molar-refractivity contribution in [2.24, 2.45) is 0 Å². The van der Waals surface area contributed by atoms with Crippen molar-refractivity contribution in [2.75, 3.05) is 12.8 Å². The monoisotopic (exact) mass is 279 g/mol. The molecule has 0 aromatic heterocycles. The van der Waals surface area contributed by atoms with Crippen LogP contribution in [0.1, 0.15) is 20.3 Å². The molecule has 1 amide bonds. The number of carbonyl (C=O) groups excluding carboxylic acids is 1. The van der Waals surface area contributed by atoms with E-state index in [1.165, 1.54) is 13.8 Å². The minimum Gasteiger partial charge on any atom is -0.480 e. The van der Waals surface area contributed by atoms with Crippen LogP contribution in [0.3, 0.4) is 0 Å². The summed E-state index contributed by atoms with van der Waals surface area (Å²) in [6.45, 7) is 2.30. The molecule has 1 aliphatic rings. The maximum Gasteiger partial charge on any atom is 0.326 e. The largest absolute Gasteiger partial charge is 0.480 e. The summed E-state index contributed by atoms with van der Waals surface area (Å²) in [6.07, 6.45) is -0.0981. The van der Waals surface area contributed by atoms with Gasteiger partial charge in [-0.15, -0.1) is 0 Å². The number of amides is 1. The van der Waals surface area contributed by atoms with E-state index in [1.807, 2.05) is 0 Å². The Balaban J connectivity index is 3.07. The van der Waals surface area contributed by atoms with Gasteiger partial charge in [0.2, 0.25) is 5.91 Å². The normalized spacial score (nSPS) is 25.2. The zero-order chi connectivity index (χ0) is 14.3. The van der Waals surface area contributed by atoms with Crippen LogP contribution in [0.15, 0.2) is 0 Å². The zero-order valence-electron chi connectivity index (χ0n) is 10.5. The van der Waals surface area contributed by atoms with E-state index in [0.29, 0.717) is 0 Å². The van der Waals surface area contributed by atoms with E-state index in [4.69, 9.17) is 5.11 Å². The van der Waals surface area contributed by atoms with Crippen LogP contribution in [0.2, 0.25) is 0 Å². The number of carboxylic acids is 1. The summed E-state index contributed by atoms with van der Waals surface area (Å²) in [5.74, 6) is -2.04. The minimum atomic E-state index is -3.67. The summed E-state index contributed by atoms with van der Waals surface area (Å²) >= 11 is 0. The molecule has 0 unspecified atom stereocenters. The van der Waals surface area contributed by atoms with Crippen molar-refractivity contribution in [2.45, 2.75) is 37.2 Å². The van der Waals surface area contributed by atoms with Gasteiger partial charge in [-0.25, -0.2) is 13.2 Å². The number of hydrogen-bond donors (Lipinski definition) is 2. The van der Waals surface area contributed by atoms with Crippen LogP contribution in [-0.2, 0) is 19.4 Å². The average Bonchev–Trinajstić information content (AvgIpc) is 2.57. The highest BCUT2D eigenvalue weighted by Gasteiger charge is 2.48. The molecule has 1 aliphatic heterocycles. The van der Waals surface area contributed by atoms with Crippen molar-refractivity contribution in [1.82, 2.24) is 4.90 Å². The lowest BCUT2D eigenvalue weighted by molar-refractivity contribution is -0.148. The third kappa shape index (κ3) is 2.49. The Morgan fingerprint density at radius 3 is 2.22 bits per heavy atom. The molecule has 1 heterocycles. The number of hydrogen-bond acceptors (Lipinski definition) is 5. The molecule has 0 spiro atoms. The molecule has 104 valence electrons. The Labute approximate surface area is 105 Å². The molecular weight excluding hydrogens is 262 g/mol. The number of carbonyl (C=O) groups is 2. The Bertz CT molecular complexity index is 469. The van der Waals surface area contributed by atoms with Gasteiger partial charge in [0.1, 0.15) is 10.8 Å². The zero-order valence-corrected chi connectivity index (χ0v) is 11.3. The molecule has 1 rings (SSSR count). The molecule has 0 bridgehead atoms. The van der Waals surface area contributed by atoms with Gasteiger partial charge in [-0.2, -0.15) is 0 Å². The molecular formula is C10H17NO6S. The number of β-amino-alcohol motifs (C(OH)–C–C–N with tert-alkyl or cyclic N) is 1. The second-order valence-electron chi connectivity index (χ2n) is 4.98. The summed E-state index contributed by atoms with van der Waals surface area (Å²) in [7, 11) is -3.67. The molecule has 2 N–H and O–H groups in total. The predicted octanol–water partition coefficient (Wildman–Crippen LogP) is -1.14. The first-order chi connectivity index (χ1) is 7.98. The molecule has 7 nitrogen and oxygen atoms in total. The second-order valence-corrected chi connectivity index (χ2v) is 7.55. The SMILES string of the molecule is CC(C)(C(=O)N1C[C@@H](O)C[C@H]1C(=O)O)S(C)(=O)=O. The number of aliphatic hydroxyl groups excluding tert-OH is 1. The van der Waals surface area contributed by atoms with E-state index in [0.717, 1.165) is 11.2 Å². The van der Waals surface area contributed by atoms with Gasteiger partial charge in [0, 0.05) is 19.2 Å². The van der Waals surface area contributed by atoms with E-state index in [2.05, 4.69) is 0 Å². The van der Waals surface area contributed by atoms with Crippen LogP contribution in [0.4, 0.5) is 0 Å². The third-order valence-electron chi connectivity index (χ3n) is 3.27. The lowest BCUT2D eigenvalue weighted by Gasteiger charge is -2.30. The molecule has 0 aliphatic carbocycles. The summed E-state index contributed by atoms with van der Waals surface area (Å²) < 4.78 is 21.4. The first kappa shape index (κ1) is 14.9. The lowest BCUT2D eigenvalue weighted by Crippen LogP contribution is -2.53. The maximum absolute atomic E-state index is 12.1. The molecule has 1 fully saturated rings. The van der Waals surface area contributed by atoms with Crippen LogP contribution in [0.25, 0.3) is 0 Å². The standard InChI is InChI=1S/C10H17NO6S/c1-10(2,18(3,16)17)9(15)11-5-6(12)4-7(11)8(13)14/h6-7,12H,4-5H2,1-3H3,(H,13,14)/t6-,7-/m0/s1. The van der Waals surface area contributed by atoms with Crippen molar-refractivity contribution in [3.8, 4) is 0 Å². The highest BCUT2D eigenvalue weighted by Crippen LogP contribution is 2.25. The first-order valence-electron chi connectivity index (χ1n) is 5.40. The number of nitrogens with zero attached hydrogens (tertiary/aromatic N) is 1. The van der Waals surface area contributed by atoms with Crippen molar-refractivity contribution in [3.05, 3.63) is 0 Å². The Kier molecular flexibility index (Phi) is 3.73. The van der Waals surface area contributed by atoms with Gasteiger partial charge < -0.3 is 15.1 Å². The van der Waals surface area contributed by atoms with E-state index < -0.39 is 38.6 Å². The fourth-order valence-corrected chi connectivity index (χ4v) is 2.21. The van der Waals surface area contributed by atoms with E-state index in [1.54, 1.807) is 0 Å². The van der Waals surface area contributed by atoms with E-state index in [-0.39, 0.29) is 13.0 Å². The number of aliphatic carboxylic acids is 1. The van der Waals surface area contributed by atoms with Crippen LogP contribution < -0.4 is 0 Å². The molecule has 0 aromatic carbocycles. The quantitative estimate of drug-likeness (QED) is 0.675. The molecule has 18 heavy (non-hydrogen) atoms. The topological polar surface area (TPSA) is 112 Å². The van der Waals surface area contributed by atoms with Gasteiger partial charge in [-0.3, -0.25) is 4.79 Å². The third-order valence-corrected chi connectivity index (χ3v) is 5.30. The van der Waals surface area contributed by atoms with Gasteiger partial charge in [0.25, 0.3) is 0 Å². The molecule has 0 aromatic rings. The minimum absolute atomic E-state index is 0.0824. The number of carboxylic acid groups (broad SMARTS) is 1. The second kappa shape index (κ2) is 4.51. The number of rotatable bonds is 3. The van der Waals surface area contributed by atoms with Crippen molar-refractivity contribution in [3.63, 3.8) is 0 Å². The Hall–Kier alpha value is -1.15. The summed E-state index contributed by atoms with van der Waals surface area (Å²) in [5.41, 5.74) is 0. The van der Waals surface area contributed by atoms with Gasteiger partial charge in [0.15, 0.2) is 9.84 Å². The summed E-state index contributed by atoms with van der Waals surface area (Å²) in [5, 5.41) is 18.4. The Morgan fingerprint density at radius 1 is 1.33 bits per heavy atom. The van der Waals surface area contributed by atoms with Crippen LogP contribution in [-0.4, -0.2) is 65.1 Å². The summed E-state index contributed by atoms with van der Waals surface area (Å²) in [6, 6.07) is -1.17. The number of aliphatic hydroxyl groups is 1. The molecule has 2 atom stereocenters. The molecule has 0 radical (unpaired) electrons. The van der Waals surface area contributed by atoms with Gasteiger partial charge >= 0.3 is 5.97 Å². The lowest BCUT2D eigenvalue weighted by atomic mass is 10.1. The van der Waals surface area contributed by atoms with Crippen molar-refractivity contribution in [1.29, 1.82) is 0 Å². The molecule has 0 saturated carbocycles. The van der Waals surface area contributed by atoms with E-state index in [9.17, 15) is 23.1 Å². The van der Waals surface area contributed by atoms with Crippen molar-refractivity contribution < 1.29 is 28.2 Å². The highest BCUT2D eigenvalue weighted by molar-refractivity contribution is 7.92. The van der Waals surface area contributed by atoms with E-state index >= 15 is 0 Å². The van der Waals surface area contributed by atoms with Gasteiger partial charge in [-0.1, -0.05) is 0 Å². The van der Waals surface area contributed by atoms with Gasteiger partial charge in [0.05, 0.1) is 6.10 Å². The first-order valence-corrected chi connectivity index (χ1v) is 7.29. The summed E-state index contributed by atoms with van der Waals surface area (Å²) in [4.78, 5) is 24.1. The number of sulfone groups is 1. The number of likely N-dealkylation sites (tertiary alicyclic amines) is 1. The molecule has 1 saturated heterocycles.